The van der Waals surface area contributed by atoms with Crippen LogP contribution < -0.4 is 5.46 Å². The Hall–Kier alpha value is -0.485. The van der Waals surface area contributed by atoms with E-state index in [0.29, 0.717) is 5.46 Å². The number of aryl methyl sites for hydroxylation is 1. The lowest BCUT2D eigenvalue weighted by Gasteiger charge is -2.00. The van der Waals surface area contributed by atoms with E-state index < -0.39 is 7.12 Å². The van der Waals surface area contributed by atoms with Crippen LogP contribution in [-0.2, 0) is 0 Å². The summed E-state index contributed by atoms with van der Waals surface area (Å²) in [6.07, 6.45) is 0. The normalized spacial score (nSPS) is 10.9. The minimum absolute atomic E-state index is 0.579. The minimum Gasteiger partial charge on any atom is -0.423 e. The molecule has 0 bridgehead atoms. The molecule has 1 heterocycles. The first kappa shape index (κ1) is 10.0. The van der Waals surface area contributed by atoms with E-state index in [1.165, 1.54) is 0 Å². The van der Waals surface area contributed by atoms with Gasteiger partial charge in [-0.3, -0.25) is 0 Å². The van der Waals surface area contributed by atoms with Crippen LogP contribution >= 0.6 is 24.0 Å². The largest absolute Gasteiger partial charge is 0.490 e. The van der Waals surface area contributed by atoms with Crippen molar-refractivity contribution in [2.45, 2.75) is 11.8 Å². The molecule has 0 radical (unpaired) electrons. The van der Waals surface area contributed by atoms with Crippen molar-refractivity contribution in [1.29, 1.82) is 0 Å². The van der Waals surface area contributed by atoms with E-state index in [2.05, 4.69) is 12.6 Å². The average molecular weight is 224 g/mol. The highest BCUT2D eigenvalue weighted by molar-refractivity contribution is 7.80. The van der Waals surface area contributed by atoms with Crippen LogP contribution in [0, 0.1) is 6.92 Å². The molecule has 72 valence electrons. The molecule has 2 rings (SSSR count). The van der Waals surface area contributed by atoms with Crippen molar-refractivity contribution < 1.29 is 10.0 Å². The molecule has 2 nitrogen and oxygen atoms in total. The van der Waals surface area contributed by atoms with Crippen LogP contribution in [0.1, 0.15) is 4.88 Å². The highest BCUT2D eigenvalue weighted by atomic mass is 32.1. The van der Waals surface area contributed by atoms with Crippen molar-refractivity contribution >= 4 is 46.6 Å². The molecule has 2 aromatic rings. The van der Waals surface area contributed by atoms with Crippen LogP contribution in [0.5, 0.6) is 0 Å². The first-order valence-electron chi connectivity index (χ1n) is 4.18. The standard InChI is InChI=1S/C9H9BO2S2/c1-5-9(10(11)12)8-6(13)3-2-4-7(8)14-5/h2-4,11-13H,1H3. The molecule has 5 heteroatoms. The van der Waals surface area contributed by atoms with Crippen molar-refractivity contribution in [2.75, 3.05) is 0 Å². The average Bonchev–Trinajstić information content (AvgIpc) is 2.42. The summed E-state index contributed by atoms with van der Waals surface area (Å²) in [5, 5.41) is 19.3. The summed E-state index contributed by atoms with van der Waals surface area (Å²) in [7, 11) is -1.42. The molecule has 2 N–H and O–H groups in total. The summed E-state index contributed by atoms with van der Waals surface area (Å²) >= 11 is 5.86. The second kappa shape index (κ2) is 3.58. The first-order chi connectivity index (χ1) is 6.61. The summed E-state index contributed by atoms with van der Waals surface area (Å²) in [5.41, 5.74) is 0.579. The Morgan fingerprint density at radius 1 is 1.36 bits per heavy atom. The van der Waals surface area contributed by atoms with E-state index in [1.54, 1.807) is 11.3 Å². The molecule has 0 aliphatic carbocycles. The van der Waals surface area contributed by atoms with Gasteiger partial charge in [-0.15, -0.1) is 24.0 Å². The van der Waals surface area contributed by atoms with E-state index in [0.717, 1.165) is 19.9 Å². The lowest BCUT2D eigenvalue weighted by atomic mass is 9.78. The summed E-state index contributed by atoms with van der Waals surface area (Å²) in [4.78, 5) is 1.71. The molecule has 0 unspecified atom stereocenters. The fourth-order valence-electron chi connectivity index (χ4n) is 1.58. The topological polar surface area (TPSA) is 40.5 Å². The van der Waals surface area contributed by atoms with E-state index in [9.17, 15) is 10.0 Å². The third-order valence-corrected chi connectivity index (χ3v) is 3.63. The third-order valence-electron chi connectivity index (χ3n) is 2.17. The molecule has 0 aliphatic heterocycles. The van der Waals surface area contributed by atoms with Crippen LogP contribution in [0.2, 0.25) is 0 Å². The lowest BCUT2D eigenvalue weighted by Crippen LogP contribution is -2.31. The van der Waals surface area contributed by atoms with Crippen LogP contribution in [0.4, 0.5) is 0 Å². The zero-order chi connectivity index (χ0) is 10.3. The van der Waals surface area contributed by atoms with Gasteiger partial charge < -0.3 is 10.0 Å². The maximum absolute atomic E-state index is 9.24. The number of rotatable bonds is 1. The summed E-state index contributed by atoms with van der Waals surface area (Å²) in [5.74, 6) is 0. The van der Waals surface area contributed by atoms with Gasteiger partial charge in [-0.05, 0) is 19.1 Å². The van der Waals surface area contributed by atoms with Crippen LogP contribution in [0.3, 0.4) is 0 Å². The molecule has 0 aliphatic rings. The molecular formula is C9H9BO2S2. The van der Waals surface area contributed by atoms with Gasteiger partial charge in [0.1, 0.15) is 0 Å². The molecule has 1 aromatic heterocycles. The van der Waals surface area contributed by atoms with Crippen molar-refractivity contribution in [3.8, 4) is 0 Å². The number of hydrogen-bond donors (Lipinski definition) is 3. The number of hydrogen-bond acceptors (Lipinski definition) is 4. The third kappa shape index (κ3) is 1.46. The number of thiophene rings is 1. The molecule has 1 aromatic carbocycles. The summed E-state index contributed by atoms with van der Waals surface area (Å²) in [6.45, 7) is 1.88. The van der Waals surface area contributed by atoms with Gasteiger partial charge in [-0.25, -0.2) is 0 Å². The highest BCUT2D eigenvalue weighted by Gasteiger charge is 2.21. The Balaban J connectivity index is 2.86. The van der Waals surface area contributed by atoms with Gasteiger partial charge in [0.2, 0.25) is 0 Å². The van der Waals surface area contributed by atoms with Crippen molar-refractivity contribution in [1.82, 2.24) is 0 Å². The van der Waals surface area contributed by atoms with Gasteiger partial charge in [0.15, 0.2) is 0 Å². The minimum atomic E-state index is -1.42. The van der Waals surface area contributed by atoms with Crippen molar-refractivity contribution in [2.24, 2.45) is 0 Å². The van der Waals surface area contributed by atoms with Gasteiger partial charge in [0, 0.05) is 25.3 Å². The predicted molar refractivity (Wildman–Crippen MR) is 63.6 cm³/mol. The Labute approximate surface area is 91.8 Å². The zero-order valence-corrected chi connectivity index (χ0v) is 9.27. The maximum Gasteiger partial charge on any atom is 0.490 e. The van der Waals surface area contributed by atoms with Gasteiger partial charge in [-0.1, -0.05) is 6.07 Å². The quantitative estimate of drug-likeness (QED) is 0.502. The number of fused-ring (bicyclic) bond motifs is 1. The van der Waals surface area contributed by atoms with Gasteiger partial charge in [0.25, 0.3) is 0 Å². The van der Waals surface area contributed by atoms with E-state index in [-0.39, 0.29) is 0 Å². The molecule has 0 amide bonds. The molecule has 0 fully saturated rings. The van der Waals surface area contributed by atoms with E-state index in [4.69, 9.17) is 0 Å². The smallest absolute Gasteiger partial charge is 0.423 e. The molecule has 0 atom stereocenters. The summed E-state index contributed by atoms with van der Waals surface area (Å²) < 4.78 is 1.04. The Bertz CT molecular complexity index is 479. The van der Waals surface area contributed by atoms with Gasteiger partial charge >= 0.3 is 7.12 Å². The Morgan fingerprint density at radius 2 is 2.07 bits per heavy atom. The molecule has 14 heavy (non-hydrogen) atoms. The highest BCUT2D eigenvalue weighted by Crippen LogP contribution is 2.27. The Kier molecular flexibility index (Phi) is 2.57. The SMILES string of the molecule is Cc1sc2cccc(S)c2c1B(O)O. The number of thiol groups is 1. The van der Waals surface area contributed by atoms with Crippen LogP contribution in [-0.4, -0.2) is 17.2 Å². The first-order valence-corrected chi connectivity index (χ1v) is 5.44. The maximum atomic E-state index is 9.24. The van der Waals surface area contributed by atoms with Crippen molar-refractivity contribution in [3.05, 3.63) is 23.1 Å². The fourth-order valence-corrected chi connectivity index (χ4v) is 3.10. The monoisotopic (exact) mass is 224 g/mol. The van der Waals surface area contributed by atoms with E-state index in [1.807, 2.05) is 25.1 Å². The van der Waals surface area contributed by atoms with Crippen molar-refractivity contribution in [3.63, 3.8) is 0 Å². The van der Waals surface area contributed by atoms with Gasteiger partial charge in [0.05, 0.1) is 0 Å². The second-order valence-electron chi connectivity index (χ2n) is 3.10. The molecule has 0 saturated heterocycles. The molecule has 0 spiro atoms. The van der Waals surface area contributed by atoms with Crippen LogP contribution in [0.25, 0.3) is 10.1 Å². The molecular weight excluding hydrogens is 215 g/mol. The zero-order valence-electron chi connectivity index (χ0n) is 7.56. The summed E-state index contributed by atoms with van der Waals surface area (Å²) in [6, 6.07) is 5.72. The lowest BCUT2D eigenvalue weighted by molar-refractivity contribution is 0.426. The fraction of sp³-hybridized carbons (Fsp3) is 0.111. The van der Waals surface area contributed by atoms with Gasteiger partial charge in [-0.2, -0.15) is 0 Å². The van der Waals surface area contributed by atoms with Crippen LogP contribution in [0.15, 0.2) is 23.1 Å². The second-order valence-corrected chi connectivity index (χ2v) is 4.83. The number of benzene rings is 1. The molecule has 0 saturated carbocycles. The van der Waals surface area contributed by atoms with E-state index >= 15 is 0 Å². The predicted octanol–water partition coefficient (Wildman–Crippen LogP) is 1.18. The Morgan fingerprint density at radius 3 is 2.71 bits per heavy atom.